The van der Waals surface area contributed by atoms with Gasteiger partial charge < -0.3 is 56.1 Å². The molecule has 22 nitrogen and oxygen atoms in total. The Hall–Kier alpha value is -10.9. The van der Waals surface area contributed by atoms with Crippen LogP contribution in [0, 0.1) is 0 Å². The first-order valence-corrected chi connectivity index (χ1v) is 36.3. The van der Waals surface area contributed by atoms with Crippen molar-refractivity contribution < 1.29 is 42.5 Å². The number of anilines is 7. The summed E-state index contributed by atoms with van der Waals surface area (Å²) < 4.78 is 24.8. The van der Waals surface area contributed by atoms with E-state index < -0.39 is 17.0 Å². The zero-order valence-corrected chi connectivity index (χ0v) is 64.0. The van der Waals surface area contributed by atoms with E-state index in [1.165, 1.54) is 0 Å². The first-order valence-electron chi connectivity index (χ1n) is 33.7. The van der Waals surface area contributed by atoms with Crippen molar-refractivity contribution in [2.45, 2.75) is 23.2 Å². The molecule has 0 atom stereocenters. The minimum Gasteiger partial charge on any atom is -0.497 e. The van der Waals surface area contributed by atoms with E-state index in [1.807, 2.05) is 161 Å². The van der Waals surface area contributed by atoms with Crippen LogP contribution < -0.4 is 72.9 Å². The molecule has 0 radical (unpaired) electrons. The zero-order chi connectivity index (χ0) is 77.1. The summed E-state index contributed by atoms with van der Waals surface area (Å²) in [7, 11) is 8.43. The highest BCUT2D eigenvalue weighted by Gasteiger charge is 2.54. The van der Waals surface area contributed by atoms with Crippen molar-refractivity contribution in [2.24, 2.45) is 0 Å². The number of H-pyrrole nitrogens is 1. The first kappa shape index (κ1) is 79.7. The number of nitrogens with one attached hydrogen (secondary N) is 5. The molecule has 11 aromatic rings. The maximum absolute atomic E-state index is 13.5. The highest BCUT2D eigenvalue weighted by molar-refractivity contribution is 9.08. The Bertz CT molecular complexity index is 5060. The van der Waals surface area contributed by atoms with Gasteiger partial charge in [0.2, 0.25) is 0 Å². The van der Waals surface area contributed by atoms with Gasteiger partial charge in [-0.05, 0) is 188 Å². The van der Waals surface area contributed by atoms with Crippen LogP contribution in [-0.4, -0.2) is 124 Å². The smallest absolute Gasteiger partial charge is 0.419 e. The Morgan fingerprint density at radius 3 is 1.46 bits per heavy atom. The van der Waals surface area contributed by atoms with Crippen LogP contribution in [0.25, 0.3) is 10.9 Å². The molecular formula is C81H78BrCl4N11O11. The summed E-state index contributed by atoms with van der Waals surface area (Å²) in [6, 6.07) is 69.8. The Kier molecular flexibility index (Phi) is 27.4. The second-order valence-corrected chi connectivity index (χ2v) is 27.3. The summed E-state index contributed by atoms with van der Waals surface area (Å²) in [6.07, 6.45) is 0. The molecule has 0 aliphatic carbocycles. The molecule has 3 amide bonds. The summed E-state index contributed by atoms with van der Waals surface area (Å²) >= 11 is 27.0. The van der Waals surface area contributed by atoms with E-state index in [9.17, 15) is 28.8 Å². The number of benzene rings is 10. The number of aromatic amines is 1. The molecule has 1 aromatic heterocycles. The van der Waals surface area contributed by atoms with E-state index in [-0.39, 0.29) is 23.4 Å². The molecule has 6 heterocycles. The average molecular weight is 1600 g/mol. The van der Waals surface area contributed by atoms with Crippen LogP contribution in [-0.2, 0) is 16.7 Å². The number of para-hydroxylation sites is 4. The van der Waals surface area contributed by atoms with E-state index in [1.54, 1.807) is 119 Å². The number of likely N-dealkylation sites (N-methyl/N-ethyl adjacent to an activating group) is 1. The molecule has 9 N–H and O–H groups in total. The minimum absolute atomic E-state index is 0.00583. The van der Waals surface area contributed by atoms with Crippen LogP contribution in [0.4, 0.5) is 39.8 Å². The maximum Gasteiger partial charge on any atom is 0.419 e. The predicted molar refractivity (Wildman–Crippen MR) is 434 cm³/mol. The van der Waals surface area contributed by atoms with E-state index in [0.29, 0.717) is 91.0 Å². The number of ketones is 1. The van der Waals surface area contributed by atoms with Gasteiger partial charge in [-0.3, -0.25) is 43.8 Å². The molecule has 3 saturated heterocycles. The highest BCUT2D eigenvalue weighted by Crippen LogP contribution is 2.42. The number of Topliss-reactive ketones (excluding diaryl/α,β-unsaturated/α-hetero) is 1. The molecule has 16 rings (SSSR count). The van der Waals surface area contributed by atoms with E-state index in [4.69, 9.17) is 76.8 Å². The van der Waals surface area contributed by atoms with Gasteiger partial charge in [-0.1, -0.05) is 123 Å². The normalized spacial score (nSPS) is 14.4. The van der Waals surface area contributed by atoms with Crippen molar-refractivity contribution in [1.82, 2.24) is 20.1 Å². The molecule has 3 fully saturated rings. The number of likely N-dealkylation sites (tertiary alicyclic amines) is 2. The van der Waals surface area contributed by atoms with Crippen molar-refractivity contribution in [3.63, 3.8) is 0 Å². The number of amides is 3. The lowest BCUT2D eigenvalue weighted by Crippen LogP contribution is -2.76. The third-order valence-electron chi connectivity index (χ3n) is 17.4. The number of aromatic nitrogens is 1. The topological polar surface area (TPSA) is 281 Å². The van der Waals surface area contributed by atoms with Crippen molar-refractivity contribution in [2.75, 3.05) is 112 Å². The number of carbonyl (C=O) groups is 4. The number of rotatable bonds is 11. The third kappa shape index (κ3) is 20.0. The summed E-state index contributed by atoms with van der Waals surface area (Å²) in [4.78, 5) is 80.7. The van der Waals surface area contributed by atoms with Gasteiger partial charge >= 0.3 is 11.4 Å². The van der Waals surface area contributed by atoms with Crippen molar-refractivity contribution >= 4 is 137 Å². The molecule has 27 heteroatoms. The number of ether oxygens (including phenoxy) is 4. The van der Waals surface area contributed by atoms with Gasteiger partial charge in [0.15, 0.2) is 5.78 Å². The molecule has 558 valence electrons. The number of nitrogens with two attached hydrogens (primary N) is 2. The minimum atomic E-state index is -0.723. The van der Waals surface area contributed by atoms with Gasteiger partial charge in [-0.2, -0.15) is 0 Å². The lowest BCUT2D eigenvalue weighted by molar-refractivity contribution is -0.127. The summed E-state index contributed by atoms with van der Waals surface area (Å²) in [5, 5.41) is 16.7. The molecule has 108 heavy (non-hydrogen) atoms. The van der Waals surface area contributed by atoms with Gasteiger partial charge in [0.05, 0.1) is 89.2 Å². The van der Waals surface area contributed by atoms with E-state index in [0.717, 1.165) is 87.5 Å². The monoisotopic (exact) mass is 1600 g/mol. The summed E-state index contributed by atoms with van der Waals surface area (Å²) in [5.74, 6) is 2.55. The van der Waals surface area contributed by atoms with Gasteiger partial charge in [-0.15, -0.1) is 0 Å². The Morgan fingerprint density at radius 1 is 0.537 bits per heavy atom. The van der Waals surface area contributed by atoms with Crippen molar-refractivity contribution in [3.8, 4) is 23.0 Å². The number of alkyl halides is 1. The van der Waals surface area contributed by atoms with Crippen LogP contribution in [0.15, 0.2) is 245 Å². The first-order chi connectivity index (χ1) is 52.0. The molecule has 0 bridgehead atoms. The Morgan fingerprint density at radius 2 is 0.991 bits per heavy atom. The number of carbonyl (C=O) groups excluding carboxylic acids is 4. The van der Waals surface area contributed by atoms with Gasteiger partial charge in [0.25, 0.3) is 17.7 Å². The second kappa shape index (κ2) is 37.1. The highest BCUT2D eigenvalue weighted by atomic mass is 79.9. The van der Waals surface area contributed by atoms with Gasteiger partial charge in [-0.25, -0.2) is 9.59 Å². The number of hydrogen-bond donors (Lipinski definition) is 7. The zero-order valence-electron chi connectivity index (χ0n) is 59.4. The Labute approximate surface area is 652 Å². The van der Waals surface area contributed by atoms with E-state index >= 15 is 0 Å². The van der Waals surface area contributed by atoms with Gasteiger partial charge in [0, 0.05) is 77.9 Å². The molecular weight excluding hydrogens is 1520 g/mol. The molecule has 0 unspecified atom stereocenters. The van der Waals surface area contributed by atoms with E-state index in [2.05, 4.69) is 51.5 Å². The largest absolute Gasteiger partial charge is 0.497 e. The number of nitrogen functional groups attached to an aromatic ring is 2. The molecule has 5 aliphatic heterocycles. The number of hydrogen-bond acceptors (Lipinski definition) is 18. The molecule has 10 aromatic carbocycles. The predicted octanol–water partition coefficient (Wildman–Crippen LogP) is 15.0. The van der Waals surface area contributed by atoms with Crippen LogP contribution in [0.1, 0.15) is 42.2 Å². The lowest BCUT2D eigenvalue weighted by atomic mass is 9.90. The Balaban J connectivity index is 0.000000143. The van der Waals surface area contributed by atoms with Crippen LogP contribution >= 0.6 is 62.3 Å². The number of methoxy groups -OCH3 is 4. The third-order valence-corrected chi connectivity index (χ3v) is 19.6. The summed E-state index contributed by atoms with van der Waals surface area (Å²) in [6.45, 7) is 4.86. The van der Waals surface area contributed by atoms with Crippen LogP contribution in [0.2, 0.25) is 20.1 Å². The fraction of sp³-hybridized carbons (Fsp3) is 0.185. The number of fused-ring (bicyclic) bond motifs is 3. The molecule has 5 aliphatic rings. The summed E-state index contributed by atoms with van der Waals surface area (Å²) in [5.41, 5.74) is 19.6. The number of halogens is 5. The molecule has 2 spiro atoms. The van der Waals surface area contributed by atoms with Crippen molar-refractivity contribution in [1.29, 1.82) is 0 Å². The number of nitrogens with zero attached hydrogens (tertiary/aromatic N) is 4. The second-order valence-electron chi connectivity index (χ2n) is 25.1. The SMILES string of the molecule is CN1CC(=O)C1.COc1ccc(N)cc1.COc1ccc(N2C(=O)c3ccccc3NC23CN(Cc2ccc(Cl)c(Cl)c2)C3)cc1.COc1ccc(N2C(=O)c3ccccc3NC23CNC3)cc1.COc1ccc(NC(=O)c2ccccc2N)cc1.Clc1ccc(CBr)cc1Cl.O=c1[nH]c2ccccc2c(=O)o1. The molecule has 0 saturated carbocycles. The van der Waals surface area contributed by atoms with Crippen LogP contribution in [0.3, 0.4) is 0 Å². The van der Waals surface area contributed by atoms with Gasteiger partial charge in [0.1, 0.15) is 34.3 Å². The fourth-order valence-corrected chi connectivity index (χ4v) is 12.9. The fourth-order valence-electron chi connectivity index (χ4n) is 11.9. The standard InChI is InChI=1S/C24H21Cl2N3O2.C17H17N3O2.C14H14N2O2.C8H5NO3.C7H5BrCl2.C7H9NO.C4H7NO/c1-31-18-9-7-17(8-10-18)29-23(30)19-4-2-3-5-22(19)27-24(29)14-28(15-24)13-16-6-11-20(25)21(26)12-16;1-22-13-8-6-12(7-9-13)20-16(21)14-4-2-3-5-15(14)19-17(20)10-18-11-17;1-18-11-8-6-10(7-9-11)16-14(17)12-4-2-3-5-13(12)15;10-7-5-3-1-2-4-6(5)9-8(11)12-7;8-4-5-1-2-6(9)7(10)3-5;1-9-7-4-2-6(8)3-5-7;1-5-2-4(6)3-5/h2-12,27H,13-15H2,1H3;2-9,18-19H,10-11H2,1H3;2-9H,15H2,1H3,(H,16,17);1-4H,(H,9,11);1-3H,4H2;2-5H,8H2,1H3;2-3H2,1H3. The quantitative estimate of drug-likeness (QED) is 0.0468. The lowest BCUT2D eigenvalue weighted by Gasteiger charge is -2.58. The van der Waals surface area contributed by atoms with Crippen molar-refractivity contribution in [3.05, 3.63) is 299 Å². The average Bonchev–Trinajstić information content (AvgIpc) is 0.726. The maximum atomic E-state index is 13.5. The van der Waals surface area contributed by atoms with Crippen LogP contribution in [0.5, 0.6) is 23.0 Å².